The number of nitro groups is 1. The van der Waals surface area contributed by atoms with E-state index in [2.05, 4.69) is 4.74 Å². The van der Waals surface area contributed by atoms with Crippen LogP contribution in [0.5, 0.6) is 5.75 Å². The predicted octanol–water partition coefficient (Wildman–Crippen LogP) is 2.49. The summed E-state index contributed by atoms with van der Waals surface area (Å²) in [6.45, 7) is 5.34. The summed E-state index contributed by atoms with van der Waals surface area (Å²) in [5, 5.41) is 11.0. The van der Waals surface area contributed by atoms with Gasteiger partial charge in [0.15, 0.2) is 0 Å². The summed E-state index contributed by atoms with van der Waals surface area (Å²) in [4.78, 5) is 21.8. The summed E-state index contributed by atoms with van der Waals surface area (Å²) in [6.07, 6.45) is 1.22. The van der Waals surface area contributed by atoms with E-state index >= 15 is 0 Å². The molecular weight excluding hydrogens is 262 g/mol. The molecule has 0 fully saturated rings. The van der Waals surface area contributed by atoms with E-state index in [-0.39, 0.29) is 6.61 Å². The quantitative estimate of drug-likeness (QED) is 0.358. The van der Waals surface area contributed by atoms with Gasteiger partial charge in [-0.15, -0.1) is 0 Å². The fourth-order valence-corrected chi connectivity index (χ4v) is 1.73. The molecule has 0 radical (unpaired) electrons. The molecule has 108 valence electrons. The Kier molecular flexibility index (Phi) is 5.25. The zero-order valence-electron chi connectivity index (χ0n) is 11.9. The van der Waals surface area contributed by atoms with Gasteiger partial charge in [-0.3, -0.25) is 10.1 Å². The molecule has 1 aromatic carbocycles. The maximum Gasteiger partial charge on any atom is 0.409 e. The van der Waals surface area contributed by atoms with Crippen LogP contribution in [0, 0.1) is 24.0 Å². The van der Waals surface area contributed by atoms with Crippen LogP contribution in [0.1, 0.15) is 23.6 Å². The van der Waals surface area contributed by atoms with E-state index in [0.717, 1.165) is 11.1 Å². The van der Waals surface area contributed by atoms with Crippen LogP contribution in [-0.2, 0) is 9.53 Å². The van der Waals surface area contributed by atoms with E-state index in [1.54, 1.807) is 26.2 Å². The first-order valence-electron chi connectivity index (χ1n) is 6.09. The fourth-order valence-electron chi connectivity index (χ4n) is 1.73. The summed E-state index contributed by atoms with van der Waals surface area (Å²) in [6, 6.07) is 3.38. The highest BCUT2D eigenvalue weighted by Gasteiger charge is 2.23. The van der Waals surface area contributed by atoms with Crippen molar-refractivity contribution >= 4 is 12.0 Å². The van der Waals surface area contributed by atoms with Gasteiger partial charge in [-0.25, -0.2) is 4.79 Å². The van der Waals surface area contributed by atoms with Crippen molar-refractivity contribution in [2.75, 3.05) is 13.7 Å². The minimum absolute atomic E-state index is 0.0879. The van der Waals surface area contributed by atoms with Crippen LogP contribution in [0.15, 0.2) is 17.8 Å². The molecule has 0 aliphatic heterocycles. The Labute approximate surface area is 117 Å². The monoisotopic (exact) mass is 279 g/mol. The smallest absolute Gasteiger partial charge is 0.409 e. The van der Waals surface area contributed by atoms with Gasteiger partial charge >= 0.3 is 11.7 Å². The largest absolute Gasteiger partial charge is 0.496 e. The zero-order valence-corrected chi connectivity index (χ0v) is 11.9. The Morgan fingerprint density at radius 2 is 2.00 bits per heavy atom. The third kappa shape index (κ3) is 3.34. The minimum Gasteiger partial charge on any atom is -0.496 e. The number of carbonyl (C=O) groups excluding carboxylic acids is 1. The van der Waals surface area contributed by atoms with Crippen LogP contribution in [-0.4, -0.2) is 24.6 Å². The molecule has 1 rings (SSSR count). The molecule has 0 heterocycles. The van der Waals surface area contributed by atoms with Crippen molar-refractivity contribution in [1.82, 2.24) is 0 Å². The van der Waals surface area contributed by atoms with Crippen LogP contribution >= 0.6 is 0 Å². The van der Waals surface area contributed by atoms with Gasteiger partial charge in [0.25, 0.3) is 0 Å². The predicted molar refractivity (Wildman–Crippen MR) is 74.1 cm³/mol. The third-order valence-corrected chi connectivity index (χ3v) is 2.97. The molecule has 0 unspecified atom stereocenters. The standard InChI is InChI=1S/C14H17NO5/c1-5-20-14(16)12(15(17)18)8-11-6-7-13(19-4)10(3)9(11)2/h6-8H,5H2,1-4H3/b12-8-. The van der Waals surface area contributed by atoms with Gasteiger partial charge < -0.3 is 9.47 Å². The lowest BCUT2D eigenvalue weighted by Crippen LogP contribution is -2.14. The number of carbonyl (C=O) groups is 1. The lowest BCUT2D eigenvalue weighted by molar-refractivity contribution is -0.419. The first-order valence-corrected chi connectivity index (χ1v) is 6.09. The van der Waals surface area contributed by atoms with Crippen LogP contribution < -0.4 is 4.74 Å². The number of rotatable bonds is 5. The molecule has 20 heavy (non-hydrogen) atoms. The van der Waals surface area contributed by atoms with Crippen LogP contribution in [0.4, 0.5) is 0 Å². The van der Waals surface area contributed by atoms with Gasteiger partial charge in [-0.2, -0.15) is 0 Å². The van der Waals surface area contributed by atoms with E-state index in [4.69, 9.17) is 4.74 Å². The van der Waals surface area contributed by atoms with Crippen molar-refractivity contribution in [3.05, 3.63) is 44.6 Å². The van der Waals surface area contributed by atoms with E-state index in [9.17, 15) is 14.9 Å². The molecule has 0 atom stereocenters. The first-order chi connectivity index (χ1) is 9.42. The second-order valence-corrected chi connectivity index (χ2v) is 4.11. The molecule has 0 amide bonds. The fraction of sp³-hybridized carbons (Fsp3) is 0.357. The number of methoxy groups -OCH3 is 1. The van der Waals surface area contributed by atoms with Crippen molar-refractivity contribution in [3.63, 3.8) is 0 Å². The van der Waals surface area contributed by atoms with E-state index in [1.807, 2.05) is 13.8 Å². The van der Waals surface area contributed by atoms with E-state index < -0.39 is 16.6 Å². The molecular formula is C14H17NO5. The molecule has 6 nitrogen and oxygen atoms in total. The second kappa shape index (κ2) is 6.70. The molecule has 0 bridgehead atoms. The molecule has 0 saturated heterocycles. The third-order valence-electron chi connectivity index (χ3n) is 2.97. The number of esters is 1. The molecule has 0 aromatic heterocycles. The Balaban J connectivity index is 3.28. The van der Waals surface area contributed by atoms with Crippen molar-refractivity contribution in [1.29, 1.82) is 0 Å². The molecule has 1 aromatic rings. The molecule has 0 spiro atoms. The highest BCUT2D eigenvalue weighted by molar-refractivity contribution is 5.91. The minimum atomic E-state index is -0.939. The van der Waals surface area contributed by atoms with E-state index in [0.29, 0.717) is 11.3 Å². The number of nitrogens with zero attached hydrogens (tertiary/aromatic N) is 1. The van der Waals surface area contributed by atoms with Gasteiger partial charge in [0.2, 0.25) is 0 Å². The van der Waals surface area contributed by atoms with Crippen LogP contribution in [0.25, 0.3) is 6.08 Å². The summed E-state index contributed by atoms with van der Waals surface area (Å²) < 4.78 is 9.85. The molecule has 0 aliphatic rings. The van der Waals surface area contributed by atoms with Crippen LogP contribution in [0.3, 0.4) is 0 Å². The van der Waals surface area contributed by atoms with Gasteiger partial charge in [0.05, 0.1) is 18.6 Å². The van der Waals surface area contributed by atoms with Gasteiger partial charge in [0, 0.05) is 6.08 Å². The van der Waals surface area contributed by atoms with Gasteiger partial charge in [-0.05, 0) is 43.5 Å². The summed E-state index contributed by atoms with van der Waals surface area (Å²) in [5.74, 6) is -0.246. The number of ether oxygens (including phenoxy) is 2. The van der Waals surface area contributed by atoms with Crippen LogP contribution in [0.2, 0.25) is 0 Å². The zero-order chi connectivity index (χ0) is 15.3. The van der Waals surface area contributed by atoms with Crippen molar-refractivity contribution in [2.24, 2.45) is 0 Å². The average molecular weight is 279 g/mol. The lowest BCUT2D eigenvalue weighted by Gasteiger charge is -2.10. The number of hydrogen-bond acceptors (Lipinski definition) is 5. The average Bonchev–Trinajstić information content (AvgIpc) is 2.40. The Bertz CT molecular complexity index is 563. The van der Waals surface area contributed by atoms with Crippen molar-refractivity contribution in [2.45, 2.75) is 20.8 Å². The number of hydrogen-bond donors (Lipinski definition) is 0. The second-order valence-electron chi connectivity index (χ2n) is 4.11. The maximum absolute atomic E-state index is 11.6. The first kappa shape index (κ1) is 15.7. The van der Waals surface area contributed by atoms with Crippen molar-refractivity contribution in [3.8, 4) is 5.75 Å². The molecule has 0 saturated carbocycles. The molecule has 0 N–H and O–H groups in total. The summed E-state index contributed by atoms with van der Waals surface area (Å²) in [5.41, 5.74) is 1.68. The Morgan fingerprint density at radius 1 is 1.35 bits per heavy atom. The highest BCUT2D eigenvalue weighted by atomic mass is 16.6. The molecule has 0 aliphatic carbocycles. The lowest BCUT2D eigenvalue weighted by atomic mass is 10.0. The SMILES string of the molecule is CCOC(=O)/C(=C/c1ccc(OC)c(C)c1C)[N+](=O)[O-]. The number of benzene rings is 1. The highest BCUT2D eigenvalue weighted by Crippen LogP contribution is 2.25. The Hall–Kier alpha value is -2.37. The summed E-state index contributed by atoms with van der Waals surface area (Å²) >= 11 is 0. The Morgan fingerprint density at radius 3 is 2.50 bits per heavy atom. The van der Waals surface area contributed by atoms with Gasteiger partial charge in [0.1, 0.15) is 5.75 Å². The topological polar surface area (TPSA) is 78.7 Å². The normalized spacial score (nSPS) is 11.1. The molecule has 6 heteroatoms. The van der Waals surface area contributed by atoms with Crippen molar-refractivity contribution < 1.29 is 19.2 Å². The summed E-state index contributed by atoms with van der Waals surface area (Å²) in [7, 11) is 1.55. The maximum atomic E-state index is 11.6. The van der Waals surface area contributed by atoms with Gasteiger partial charge in [-0.1, -0.05) is 6.07 Å². The van der Waals surface area contributed by atoms with E-state index in [1.165, 1.54) is 6.08 Å².